The van der Waals surface area contributed by atoms with Gasteiger partial charge in [0.15, 0.2) is 16.8 Å². The van der Waals surface area contributed by atoms with E-state index in [0.29, 0.717) is 16.5 Å². The van der Waals surface area contributed by atoms with Crippen molar-refractivity contribution in [1.29, 1.82) is 0 Å². The number of carbonyl (C=O) groups is 1. The van der Waals surface area contributed by atoms with Crippen LogP contribution in [0.1, 0.15) is 28.4 Å². The van der Waals surface area contributed by atoms with Gasteiger partial charge in [-0.2, -0.15) is 0 Å². The van der Waals surface area contributed by atoms with Crippen LogP contribution in [-0.4, -0.2) is 25.8 Å². The molecule has 3 rings (SSSR count). The van der Waals surface area contributed by atoms with Gasteiger partial charge in [0.05, 0.1) is 10.8 Å². The van der Waals surface area contributed by atoms with E-state index in [2.05, 4.69) is 10.2 Å². The van der Waals surface area contributed by atoms with Crippen molar-refractivity contribution in [1.82, 2.24) is 14.8 Å². The van der Waals surface area contributed by atoms with Gasteiger partial charge in [0.2, 0.25) is 0 Å². The molecule has 2 aromatic carbocycles. The van der Waals surface area contributed by atoms with Gasteiger partial charge in [0.1, 0.15) is 5.82 Å². The minimum atomic E-state index is -0.348. The molecule has 0 aliphatic heterocycles. The van der Waals surface area contributed by atoms with Gasteiger partial charge in [-0.15, -0.1) is 10.2 Å². The molecule has 4 nitrogen and oxygen atoms in total. The molecule has 0 aliphatic carbocycles. The van der Waals surface area contributed by atoms with E-state index < -0.39 is 0 Å². The maximum absolute atomic E-state index is 14.0. The summed E-state index contributed by atoms with van der Waals surface area (Å²) < 4.78 is 15.7. The molecule has 0 saturated heterocycles. The molecule has 0 spiro atoms. The molecule has 1 unspecified atom stereocenters. The van der Waals surface area contributed by atoms with Gasteiger partial charge in [0.25, 0.3) is 0 Å². The molecule has 0 aliphatic rings. The summed E-state index contributed by atoms with van der Waals surface area (Å²) in [5.41, 5.74) is 3.12. The lowest BCUT2D eigenvalue weighted by atomic mass is 10.0. The van der Waals surface area contributed by atoms with Crippen molar-refractivity contribution >= 4 is 17.5 Å². The molecule has 1 aromatic heterocycles. The molecular formula is C20H20FN3OS. The Kier molecular flexibility index (Phi) is 5.23. The maximum Gasteiger partial charge on any atom is 0.191 e. The lowest BCUT2D eigenvalue weighted by Gasteiger charge is -2.12. The zero-order valence-electron chi connectivity index (χ0n) is 15.2. The Bertz CT molecular complexity index is 967. The van der Waals surface area contributed by atoms with Gasteiger partial charge >= 0.3 is 0 Å². The van der Waals surface area contributed by atoms with Crippen LogP contribution in [0.4, 0.5) is 4.39 Å². The number of halogens is 1. The number of thioether (sulfide) groups is 1. The van der Waals surface area contributed by atoms with Crippen molar-refractivity contribution in [3.8, 4) is 11.4 Å². The zero-order chi connectivity index (χ0) is 18.8. The molecule has 134 valence electrons. The molecule has 0 fully saturated rings. The number of ketones is 1. The summed E-state index contributed by atoms with van der Waals surface area (Å²) in [5, 5.41) is 8.50. The molecule has 26 heavy (non-hydrogen) atoms. The standard InChI is InChI=1S/C20H20FN3OS/c1-12-9-10-13(2)16(11-12)18(25)14(3)26-20-23-22-19(24(20)4)15-7-5-6-8-17(15)21/h5-11,14H,1-4H3. The highest BCUT2D eigenvalue weighted by atomic mass is 32.2. The number of benzene rings is 2. The Morgan fingerprint density at radius 2 is 1.88 bits per heavy atom. The number of hydrogen-bond acceptors (Lipinski definition) is 4. The fourth-order valence-electron chi connectivity index (χ4n) is 2.73. The van der Waals surface area contributed by atoms with Gasteiger partial charge < -0.3 is 4.57 Å². The van der Waals surface area contributed by atoms with Crippen molar-refractivity contribution < 1.29 is 9.18 Å². The van der Waals surface area contributed by atoms with Gasteiger partial charge in [0, 0.05) is 12.6 Å². The van der Waals surface area contributed by atoms with Crippen LogP contribution in [-0.2, 0) is 7.05 Å². The van der Waals surface area contributed by atoms with Crippen LogP contribution in [0.25, 0.3) is 11.4 Å². The van der Waals surface area contributed by atoms with E-state index in [0.717, 1.165) is 16.7 Å². The SMILES string of the molecule is Cc1ccc(C)c(C(=O)C(C)Sc2nnc(-c3ccccc3F)n2C)c1. The highest BCUT2D eigenvalue weighted by Crippen LogP contribution is 2.29. The Balaban J connectivity index is 1.84. The van der Waals surface area contributed by atoms with Crippen molar-refractivity contribution in [3.63, 3.8) is 0 Å². The Morgan fingerprint density at radius 1 is 1.15 bits per heavy atom. The average Bonchev–Trinajstić information content (AvgIpc) is 2.97. The lowest BCUT2D eigenvalue weighted by molar-refractivity contribution is 0.0993. The number of aromatic nitrogens is 3. The second-order valence-corrected chi connectivity index (χ2v) is 7.60. The van der Waals surface area contributed by atoms with Crippen LogP contribution in [0.5, 0.6) is 0 Å². The smallest absolute Gasteiger partial charge is 0.191 e. The van der Waals surface area contributed by atoms with E-state index in [1.807, 2.05) is 39.0 Å². The lowest BCUT2D eigenvalue weighted by Crippen LogP contribution is -2.16. The number of carbonyl (C=O) groups excluding carboxylic acids is 1. The minimum Gasteiger partial charge on any atom is -0.305 e. The van der Waals surface area contributed by atoms with Gasteiger partial charge in [-0.05, 0) is 44.5 Å². The number of rotatable bonds is 5. The zero-order valence-corrected chi connectivity index (χ0v) is 16.0. The second-order valence-electron chi connectivity index (χ2n) is 6.29. The number of nitrogens with zero attached hydrogens (tertiary/aromatic N) is 3. The normalized spacial score (nSPS) is 12.2. The fraction of sp³-hybridized carbons (Fsp3) is 0.250. The molecule has 0 radical (unpaired) electrons. The molecule has 3 aromatic rings. The summed E-state index contributed by atoms with van der Waals surface area (Å²) in [6.45, 7) is 5.76. The molecule has 1 heterocycles. The molecule has 6 heteroatoms. The van der Waals surface area contributed by atoms with Crippen LogP contribution in [0.2, 0.25) is 0 Å². The topological polar surface area (TPSA) is 47.8 Å². The Morgan fingerprint density at radius 3 is 2.62 bits per heavy atom. The first-order chi connectivity index (χ1) is 12.4. The summed E-state index contributed by atoms with van der Waals surface area (Å²) in [7, 11) is 1.78. The summed E-state index contributed by atoms with van der Waals surface area (Å²) >= 11 is 1.33. The van der Waals surface area contributed by atoms with Crippen LogP contribution in [0.3, 0.4) is 0 Å². The van der Waals surface area contributed by atoms with Crippen molar-refractivity contribution in [2.75, 3.05) is 0 Å². The van der Waals surface area contributed by atoms with Crippen LogP contribution in [0.15, 0.2) is 47.6 Å². The fourth-order valence-corrected chi connectivity index (χ4v) is 3.61. The summed E-state index contributed by atoms with van der Waals surface area (Å²) in [4.78, 5) is 12.8. The van der Waals surface area contributed by atoms with Crippen LogP contribution in [0, 0.1) is 19.7 Å². The van der Waals surface area contributed by atoms with E-state index in [9.17, 15) is 9.18 Å². The third kappa shape index (κ3) is 3.55. The molecule has 0 amide bonds. The molecule has 0 bridgehead atoms. The first-order valence-corrected chi connectivity index (χ1v) is 9.19. The summed E-state index contributed by atoms with van der Waals surface area (Å²) in [6.07, 6.45) is 0. The highest BCUT2D eigenvalue weighted by molar-refractivity contribution is 8.00. The predicted octanol–water partition coefficient (Wildman–Crippen LogP) is 4.60. The average molecular weight is 369 g/mol. The summed E-state index contributed by atoms with van der Waals surface area (Å²) in [6, 6.07) is 12.3. The molecule has 0 N–H and O–H groups in total. The van der Waals surface area contributed by atoms with Crippen molar-refractivity contribution in [3.05, 3.63) is 65.0 Å². The number of Topliss-reactive ketones (excluding diaryl/α,β-unsaturated/α-hetero) is 1. The third-order valence-electron chi connectivity index (χ3n) is 4.26. The first kappa shape index (κ1) is 18.3. The van der Waals surface area contributed by atoms with E-state index in [1.54, 1.807) is 29.8 Å². The van der Waals surface area contributed by atoms with Gasteiger partial charge in [-0.3, -0.25) is 4.79 Å². The molecule has 1 atom stereocenters. The maximum atomic E-state index is 14.0. The molecule has 0 saturated carbocycles. The Hall–Kier alpha value is -2.47. The van der Waals surface area contributed by atoms with Crippen molar-refractivity contribution in [2.24, 2.45) is 7.05 Å². The third-order valence-corrected chi connectivity index (χ3v) is 5.39. The monoisotopic (exact) mass is 369 g/mol. The second kappa shape index (κ2) is 7.41. The first-order valence-electron chi connectivity index (χ1n) is 8.31. The largest absolute Gasteiger partial charge is 0.305 e. The van der Waals surface area contributed by atoms with E-state index in [-0.39, 0.29) is 16.9 Å². The van der Waals surface area contributed by atoms with E-state index in [4.69, 9.17) is 0 Å². The minimum absolute atomic E-state index is 0.0478. The summed E-state index contributed by atoms with van der Waals surface area (Å²) in [5.74, 6) is 0.141. The molecular weight excluding hydrogens is 349 g/mol. The predicted molar refractivity (Wildman–Crippen MR) is 102 cm³/mol. The quantitative estimate of drug-likeness (QED) is 0.487. The highest BCUT2D eigenvalue weighted by Gasteiger charge is 2.22. The van der Waals surface area contributed by atoms with Gasteiger partial charge in [-0.1, -0.05) is 41.6 Å². The number of hydrogen-bond donors (Lipinski definition) is 0. The van der Waals surface area contributed by atoms with Crippen molar-refractivity contribution in [2.45, 2.75) is 31.2 Å². The van der Waals surface area contributed by atoms with E-state index in [1.165, 1.54) is 17.8 Å². The van der Waals surface area contributed by atoms with Gasteiger partial charge in [-0.25, -0.2) is 4.39 Å². The van der Waals surface area contributed by atoms with Crippen LogP contribution >= 0.6 is 11.8 Å². The van der Waals surface area contributed by atoms with Crippen LogP contribution < -0.4 is 0 Å². The van der Waals surface area contributed by atoms with E-state index >= 15 is 0 Å². The Labute approximate surface area is 156 Å². The number of aryl methyl sites for hydroxylation is 2.